The Morgan fingerprint density at radius 2 is 1.94 bits per heavy atom. The van der Waals surface area contributed by atoms with E-state index in [2.05, 4.69) is 20.9 Å². The third kappa shape index (κ3) is 2.99. The maximum atomic E-state index is 13.7. The molecule has 2 rings (SSSR count). The van der Waals surface area contributed by atoms with Crippen LogP contribution in [0.4, 0.5) is 10.2 Å². The van der Waals surface area contributed by atoms with Gasteiger partial charge < -0.3 is 4.90 Å². The highest BCUT2D eigenvalue weighted by atomic mass is 79.9. The van der Waals surface area contributed by atoms with E-state index in [0.717, 1.165) is 0 Å². The number of sulfonamides is 1. The van der Waals surface area contributed by atoms with Gasteiger partial charge >= 0.3 is 0 Å². The SMILES string of the molecule is CS(=O)(=O)N1CCN(c2ncc(Br)cc2F)CC1. The van der Waals surface area contributed by atoms with Crippen molar-refractivity contribution in [1.29, 1.82) is 0 Å². The van der Waals surface area contributed by atoms with Gasteiger partial charge in [-0.25, -0.2) is 17.8 Å². The summed E-state index contributed by atoms with van der Waals surface area (Å²) in [6.45, 7) is 1.60. The second kappa shape index (κ2) is 5.10. The third-order valence-corrected chi connectivity index (χ3v) is 4.53. The molecule has 0 aromatic carbocycles. The molecule has 0 aliphatic carbocycles. The minimum atomic E-state index is -3.16. The summed E-state index contributed by atoms with van der Waals surface area (Å²) >= 11 is 3.15. The normalized spacial score (nSPS) is 18.1. The van der Waals surface area contributed by atoms with Gasteiger partial charge in [-0.05, 0) is 22.0 Å². The number of nitrogens with zero attached hydrogens (tertiary/aromatic N) is 3. The van der Waals surface area contributed by atoms with Crippen LogP contribution in [0.3, 0.4) is 0 Å². The molecule has 0 amide bonds. The van der Waals surface area contributed by atoms with Crippen LogP contribution in [0.2, 0.25) is 0 Å². The maximum Gasteiger partial charge on any atom is 0.211 e. The summed E-state index contributed by atoms with van der Waals surface area (Å²) in [5.74, 6) is -0.136. The van der Waals surface area contributed by atoms with E-state index in [-0.39, 0.29) is 5.82 Å². The van der Waals surface area contributed by atoms with Crippen LogP contribution >= 0.6 is 15.9 Å². The second-order valence-electron chi connectivity index (χ2n) is 4.11. The predicted molar refractivity (Wildman–Crippen MR) is 70.5 cm³/mol. The number of piperazine rings is 1. The molecule has 8 heteroatoms. The molecule has 5 nitrogen and oxygen atoms in total. The Morgan fingerprint density at radius 1 is 1.33 bits per heavy atom. The number of hydrogen-bond acceptors (Lipinski definition) is 4. The Kier molecular flexibility index (Phi) is 3.88. The van der Waals surface area contributed by atoms with E-state index in [9.17, 15) is 12.8 Å². The smallest absolute Gasteiger partial charge is 0.211 e. The van der Waals surface area contributed by atoms with Crippen molar-refractivity contribution in [2.45, 2.75) is 0 Å². The highest BCUT2D eigenvalue weighted by molar-refractivity contribution is 9.10. The second-order valence-corrected chi connectivity index (χ2v) is 7.01. The lowest BCUT2D eigenvalue weighted by Gasteiger charge is -2.34. The first-order valence-electron chi connectivity index (χ1n) is 5.39. The molecule has 1 aromatic rings. The van der Waals surface area contributed by atoms with E-state index >= 15 is 0 Å². The largest absolute Gasteiger partial charge is 0.352 e. The molecule has 100 valence electrons. The van der Waals surface area contributed by atoms with Crippen LogP contribution in [-0.2, 0) is 10.0 Å². The van der Waals surface area contributed by atoms with Gasteiger partial charge in [0, 0.05) is 36.8 Å². The molecule has 1 aliphatic heterocycles. The molecular weight excluding hydrogens is 325 g/mol. The summed E-state index contributed by atoms with van der Waals surface area (Å²) in [7, 11) is -3.16. The van der Waals surface area contributed by atoms with Crippen molar-refractivity contribution in [3.8, 4) is 0 Å². The van der Waals surface area contributed by atoms with Crippen LogP contribution < -0.4 is 4.90 Å². The molecule has 1 fully saturated rings. The van der Waals surface area contributed by atoms with Crippen LogP contribution in [0.1, 0.15) is 0 Å². The van der Waals surface area contributed by atoms with E-state index in [1.165, 1.54) is 22.8 Å². The molecule has 1 aromatic heterocycles. The lowest BCUT2D eigenvalue weighted by atomic mass is 10.3. The molecule has 0 atom stereocenters. The first-order valence-corrected chi connectivity index (χ1v) is 8.03. The molecular formula is C10H13BrFN3O2S. The zero-order chi connectivity index (χ0) is 13.3. The quantitative estimate of drug-likeness (QED) is 0.809. The van der Waals surface area contributed by atoms with Crippen LogP contribution in [0.5, 0.6) is 0 Å². The van der Waals surface area contributed by atoms with Gasteiger partial charge in [-0.1, -0.05) is 0 Å². The van der Waals surface area contributed by atoms with Crippen molar-refractivity contribution < 1.29 is 12.8 Å². The minimum absolute atomic E-state index is 0.270. The van der Waals surface area contributed by atoms with E-state index in [1.54, 1.807) is 4.90 Å². The number of aromatic nitrogens is 1. The predicted octanol–water partition coefficient (Wildman–Crippen LogP) is 1.06. The van der Waals surface area contributed by atoms with E-state index in [4.69, 9.17) is 0 Å². The maximum absolute atomic E-state index is 13.7. The van der Waals surface area contributed by atoms with Crippen molar-refractivity contribution in [1.82, 2.24) is 9.29 Å². The zero-order valence-corrected chi connectivity index (χ0v) is 12.2. The third-order valence-electron chi connectivity index (χ3n) is 2.80. The first kappa shape index (κ1) is 13.7. The van der Waals surface area contributed by atoms with E-state index < -0.39 is 15.8 Å². The Hall–Kier alpha value is -0.730. The van der Waals surface area contributed by atoms with Crippen molar-refractivity contribution in [3.05, 3.63) is 22.6 Å². The van der Waals surface area contributed by atoms with E-state index in [0.29, 0.717) is 30.7 Å². The standard InChI is InChI=1S/C10H13BrFN3O2S/c1-18(16,17)15-4-2-14(3-5-15)10-9(12)6-8(11)7-13-10/h6-7H,2-5H2,1H3. The van der Waals surface area contributed by atoms with Crippen molar-refractivity contribution in [2.75, 3.05) is 37.3 Å². The Labute approximate surface area is 114 Å². The van der Waals surface area contributed by atoms with Crippen LogP contribution in [-0.4, -0.2) is 50.1 Å². The molecule has 0 N–H and O–H groups in total. The topological polar surface area (TPSA) is 53.5 Å². The zero-order valence-electron chi connectivity index (χ0n) is 9.81. The summed E-state index contributed by atoms with van der Waals surface area (Å²) in [6.07, 6.45) is 2.71. The summed E-state index contributed by atoms with van der Waals surface area (Å²) in [5.41, 5.74) is 0. The molecule has 0 unspecified atom stereocenters. The fourth-order valence-corrected chi connectivity index (χ4v) is 3.00. The number of hydrogen-bond donors (Lipinski definition) is 0. The number of halogens is 2. The molecule has 1 aliphatic rings. The lowest BCUT2D eigenvalue weighted by molar-refractivity contribution is 0.385. The minimum Gasteiger partial charge on any atom is -0.352 e. The molecule has 0 spiro atoms. The first-order chi connectivity index (χ1) is 8.38. The van der Waals surface area contributed by atoms with Gasteiger partial charge in [0.25, 0.3) is 0 Å². The molecule has 0 radical (unpaired) electrons. The van der Waals surface area contributed by atoms with Gasteiger partial charge in [0.05, 0.1) is 6.26 Å². The number of pyridine rings is 1. The Bertz CT molecular complexity index is 544. The van der Waals surface area contributed by atoms with Crippen LogP contribution in [0.15, 0.2) is 16.7 Å². The summed E-state index contributed by atoms with van der Waals surface area (Å²) in [5, 5.41) is 0. The molecule has 18 heavy (non-hydrogen) atoms. The van der Waals surface area contributed by atoms with Crippen molar-refractivity contribution in [3.63, 3.8) is 0 Å². The molecule has 2 heterocycles. The van der Waals surface area contributed by atoms with Crippen LogP contribution in [0.25, 0.3) is 0 Å². The molecule has 0 bridgehead atoms. The number of rotatable bonds is 2. The van der Waals surface area contributed by atoms with Gasteiger partial charge in [0.2, 0.25) is 10.0 Å². The fraction of sp³-hybridized carbons (Fsp3) is 0.500. The van der Waals surface area contributed by atoms with Crippen molar-refractivity contribution in [2.24, 2.45) is 0 Å². The average molecular weight is 338 g/mol. The van der Waals surface area contributed by atoms with E-state index in [1.807, 2.05) is 0 Å². The van der Waals surface area contributed by atoms with Gasteiger partial charge in [-0.3, -0.25) is 0 Å². The monoisotopic (exact) mass is 337 g/mol. The Balaban J connectivity index is 2.10. The number of anilines is 1. The molecule has 1 saturated heterocycles. The van der Waals surface area contributed by atoms with Crippen molar-refractivity contribution >= 4 is 31.8 Å². The average Bonchev–Trinajstić information content (AvgIpc) is 2.28. The van der Waals surface area contributed by atoms with Gasteiger partial charge in [-0.2, -0.15) is 4.31 Å². The highest BCUT2D eigenvalue weighted by Gasteiger charge is 2.25. The summed E-state index contributed by atoms with van der Waals surface area (Å²) < 4.78 is 38.4. The summed E-state index contributed by atoms with van der Waals surface area (Å²) in [4.78, 5) is 5.78. The highest BCUT2D eigenvalue weighted by Crippen LogP contribution is 2.21. The van der Waals surface area contributed by atoms with Gasteiger partial charge in [-0.15, -0.1) is 0 Å². The summed E-state index contributed by atoms with van der Waals surface area (Å²) in [6, 6.07) is 1.35. The van der Waals surface area contributed by atoms with Gasteiger partial charge in [0.1, 0.15) is 0 Å². The van der Waals surface area contributed by atoms with Gasteiger partial charge in [0.15, 0.2) is 11.6 Å². The fourth-order valence-electron chi connectivity index (χ4n) is 1.87. The molecule has 0 saturated carbocycles. The van der Waals surface area contributed by atoms with Crippen LogP contribution in [0, 0.1) is 5.82 Å². The Morgan fingerprint density at radius 3 is 2.44 bits per heavy atom. The lowest BCUT2D eigenvalue weighted by Crippen LogP contribution is -2.48.